The van der Waals surface area contributed by atoms with Crippen molar-refractivity contribution in [3.63, 3.8) is 0 Å². The third-order valence-electron chi connectivity index (χ3n) is 3.44. The summed E-state index contributed by atoms with van der Waals surface area (Å²) in [6.45, 7) is -0.329. The number of anilines is 2. The Bertz CT molecular complexity index is 885. The van der Waals surface area contributed by atoms with Gasteiger partial charge in [-0.05, 0) is 6.07 Å². The molecule has 1 atom stereocenters. The molecular formula is C16H19N5O4S2. The Labute approximate surface area is 163 Å². The molecule has 0 aliphatic rings. The highest BCUT2D eigenvalue weighted by Gasteiger charge is 2.15. The molecule has 0 aromatic carbocycles. The van der Waals surface area contributed by atoms with Gasteiger partial charge in [-0.2, -0.15) is 0 Å². The van der Waals surface area contributed by atoms with Crippen LogP contribution >= 0.6 is 23.1 Å². The average molecular weight is 409 g/mol. The normalized spacial score (nSPS) is 12.1. The molecule has 1 unspecified atom stereocenters. The molecule has 0 bridgehead atoms. The largest absolute Gasteiger partial charge is 0.435 e. The number of hydrogen-bond donors (Lipinski definition) is 4. The number of aryl methyl sites for hydroxylation is 1. The van der Waals surface area contributed by atoms with E-state index >= 15 is 0 Å². The Morgan fingerprint density at radius 1 is 1.37 bits per heavy atom. The van der Waals surface area contributed by atoms with Crippen molar-refractivity contribution in [1.82, 2.24) is 19.5 Å². The van der Waals surface area contributed by atoms with E-state index in [0.29, 0.717) is 34.0 Å². The maximum absolute atomic E-state index is 9.68. The molecule has 144 valence electrons. The quantitative estimate of drug-likeness (QED) is 0.392. The Morgan fingerprint density at radius 3 is 2.93 bits per heavy atom. The lowest BCUT2D eigenvalue weighted by Crippen LogP contribution is -2.03. The van der Waals surface area contributed by atoms with Gasteiger partial charge in [0, 0.05) is 29.3 Å². The van der Waals surface area contributed by atoms with Gasteiger partial charge in [0.1, 0.15) is 6.10 Å². The first kappa shape index (κ1) is 19.6. The van der Waals surface area contributed by atoms with E-state index in [9.17, 15) is 5.11 Å². The van der Waals surface area contributed by atoms with Crippen LogP contribution in [0.2, 0.25) is 0 Å². The number of ether oxygens (including phenoxy) is 1. The van der Waals surface area contributed by atoms with E-state index in [1.807, 2.05) is 13.1 Å². The maximum Gasteiger partial charge on any atom is 0.219 e. The first-order chi connectivity index (χ1) is 13.1. The third kappa shape index (κ3) is 4.96. The molecular weight excluding hydrogens is 390 g/mol. The second kappa shape index (κ2) is 9.15. The molecule has 0 radical (unpaired) electrons. The van der Waals surface area contributed by atoms with Gasteiger partial charge >= 0.3 is 0 Å². The number of imidazole rings is 1. The third-order valence-corrected chi connectivity index (χ3v) is 5.16. The number of aliphatic hydroxyl groups excluding tert-OH is 3. The second-order valence-electron chi connectivity index (χ2n) is 5.44. The smallest absolute Gasteiger partial charge is 0.219 e. The van der Waals surface area contributed by atoms with Crippen LogP contribution in [-0.4, -0.2) is 53.8 Å². The van der Waals surface area contributed by atoms with Crippen LogP contribution in [0.5, 0.6) is 11.6 Å². The Hall–Kier alpha value is -2.18. The van der Waals surface area contributed by atoms with Crippen LogP contribution in [0.15, 0.2) is 35.1 Å². The Kier molecular flexibility index (Phi) is 6.63. The summed E-state index contributed by atoms with van der Waals surface area (Å²) >= 11 is 2.74. The summed E-state index contributed by atoms with van der Waals surface area (Å²) in [6.07, 6.45) is 3.88. The van der Waals surface area contributed by atoms with E-state index < -0.39 is 12.7 Å². The van der Waals surface area contributed by atoms with Gasteiger partial charge in [-0.1, -0.05) is 0 Å². The van der Waals surface area contributed by atoms with Crippen molar-refractivity contribution < 1.29 is 20.1 Å². The van der Waals surface area contributed by atoms with Crippen LogP contribution in [0.1, 0.15) is 11.8 Å². The zero-order chi connectivity index (χ0) is 19.2. The molecule has 3 heterocycles. The van der Waals surface area contributed by atoms with Gasteiger partial charge in [0.25, 0.3) is 0 Å². The predicted octanol–water partition coefficient (Wildman–Crippen LogP) is 1.92. The van der Waals surface area contributed by atoms with Crippen LogP contribution in [-0.2, 0) is 7.05 Å². The second-order valence-corrected chi connectivity index (χ2v) is 7.46. The highest BCUT2D eigenvalue weighted by atomic mass is 32.2. The van der Waals surface area contributed by atoms with Gasteiger partial charge in [0.05, 0.1) is 31.4 Å². The Morgan fingerprint density at radius 2 is 2.22 bits per heavy atom. The van der Waals surface area contributed by atoms with Crippen molar-refractivity contribution in [2.75, 3.05) is 24.3 Å². The molecule has 0 aliphatic carbocycles. The van der Waals surface area contributed by atoms with E-state index in [1.54, 1.807) is 28.7 Å². The molecule has 11 heteroatoms. The average Bonchev–Trinajstić information content (AvgIpc) is 3.30. The molecule has 27 heavy (non-hydrogen) atoms. The van der Waals surface area contributed by atoms with E-state index in [2.05, 4.69) is 20.3 Å². The van der Waals surface area contributed by atoms with Gasteiger partial charge < -0.3 is 29.9 Å². The van der Waals surface area contributed by atoms with E-state index in [4.69, 9.17) is 14.9 Å². The van der Waals surface area contributed by atoms with Crippen molar-refractivity contribution in [2.45, 2.75) is 11.0 Å². The van der Waals surface area contributed by atoms with Gasteiger partial charge in [-0.15, -0.1) is 23.1 Å². The van der Waals surface area contributed by atoms with Gasteiger partial charge in [0.15, 0.2) is 16.7 Å². The summed E-state index contributed by atoms with van der Waals surface area (Å²) < 4.78 is 7.67. The fraction of sp³-hybridized carbons (Fsp3) is 0.312. The zero-order valence-electron chi connectivity index (χ0n) is 14.4. The molecule has 3 rings (SSSR count). The molecule has 9 nitrogen and oxygen atoms in total. The first-order valence-electron chi connectivity index (χ1n) is 8.00. The highest BCUT2D eigenvalue weighted by Crippen LogP contribution is 2.34. The van der Waals surface area contributed by atoms with Crippen molar-refractivity contribution in [2.24, 2.45) is 7.05 Å². The molecule has 4 N–H and O–H groups in total. The number of nitrogens with zero attached hydrogens (tertiary/aromatic N) is 4. The lowest BCUT2D eigenvalue weighted by atomic mass is 10.3. The fourth-order valence-electron chi connectivity index (χ4n) is 2.09. The monoisotopic (exact) mass is 409 g/mol. The molecule has 3 aromatic heterocycles. The van der Waals surface area contributed by atoms with Crippen LogP contribution in [0.25, 0.3) is 0 Å². The summed E-state index contributed by atoms with van der Waals surface area (Å²) in [6, 6.07) is 1.82. The molecule has 0 fully saturated rings. The number of hydrogen-bond acceptors (Lipinski definition) is 10. The maximum atomic E-state index is 9.68. The molecule has 3 aromatic rings. The van der Waals surface area contributed by atoms with Gasteiger partial charge in [0.2, 0.25) is 5.88 Å². The van der Waals surface area contributed by atoms with Crippen molar-refractivity contribution in [3.05, 3.63) is 35.9 Å². The Balaban J connectivity index is 1.86. The number of rotatable bonds is 9. The van der Waals surface area contributed by atoms with E-state index in [0.717, 1.165) is 4.90 Å². The molecule has 0 aliphatic heterocycles. The SMILES string of the molecule is Cn1cncc1Oc1cc(SCCO)cnc1Nc1nc(C(O)CO)cs1. The number of pyridine rings is 1. The standard InChI is InChI=1S/C16H19N5O4S2/c1-21-9-17-6-14(21)25-13-4-10(26-3-2-22)5-18-15(13)20-16-19-11(8-27-16)12(24)7-23/h4-6,8-9,12,22-24H,2-3,7H2,1H3,(H,18,19,20). The molecule has 0 amide bonds. The van der Waals surface area contributed by atoms with Gasteiger partial charge in [-0.3, -0.25) is 0 Å². The summed E-state index contributed by atoms with van der Waals surface area (Å²) in [4.78, 5) is 13.5. The summed E-state index contributed by atoms with van der Waals surface area (Å²) in [5, 5.41) is 33.0. The van der Waals surface area contributed by atoms with Crippen molar-refractivity contribution in [1.29, 1.82) is 0 Å². The van der Waals surface area contributed by atoms with E-state index in [1.165, 1.54) is 23.1 Å². The molecule has 0 saturated heterocycles. The first-order valence-corrected chi connectivity index (χ1v) is 9.86. The number of nitrogens with one attached hydrogen (secondary N) is 1. The number of thiazole rings is 1. The van der Waals surface area contributed by atoms with Crippen LogP contribution < -0.4 is 10.1 Å². The van der Waals surface area contributed by atoms with Crippen LogP contribution in [0, 0.1) is 0 Å². The zero-order valence-corrected chi connectivity index (χ0v) is 16.1. The fourth-order valence-corrected chi connectivity index (χ4v) is 3.49. The lowest BCUT2D eigenvalue weighted by Gasteiger charge is -2.12. The number of thioether (sulfide) groups is 1. The van der Waals surface area contributed by atoms with Gasteiger partial charge in [-0.25, -0.2) is 15.0 Å². The minimum absolute atomic E-state index is 0.0671. The minimum atomic E-state index is -1.02. The number of aromatic nitrogens is 4. The lowest BCUT2D eigenvalue weighted by molar-refractivity contribution is 0.0928. The number of aliphatic hydroxyl groups is 3. The van der Waals surface area contributed by atoms with Crippen molar-refractivity contribution in [3.8, 4) is 11.6 Å². The minimum Gasteiger partial charge on any atom is -0.435 e. The molecule has 0 saturated carbocycles. The summed E-state index contributed by atoms with van der Waals surface area (Å²) in [7, 11) is 1.82. The van der Waals surface area contributed by atoms with Crippen LogP contribution in [0.4, 0.5) is 10.9 Å². The highest BCUT2D eigenvalue weighted by molar-refractivity contribution is 7.99. The van der Waals surface area contributed by atoms with Crippen LogP contribution in [0.3, 0.4) is 0 Å². The van der Waals surface area contributed by atoms with E-state index in [-0.39, 0.29) is 6.61 Å². The topological polar surface area (TPSA) is 126 Å². The summed E-state index contributed by atoms with van der Waals surface area (Å²) in [5.74, 6) is 2.01. The molecule has 0 spiro atoms. The van der Waals surface area contributed by atoms with Crippen molar-refractivity contribution >= 4 is 34.0 Å². The predicted molar refractivity (Wildman–Crippen MR) is 103 cm³/mol. The summed E-state index contributed by atoms with van der Waals surface area (Å²) in [5.41, 5.74) is 0.384.